The smallest absolute Gasteiger partial charge is 0.188 e. The third-order valence-corrected chi connectivity index (χ3v) is 3.58. The van der Waals surface area contributed by atoms with Crippen molar-refractivity contribution < 1.29 is 18.3 Å². The highest BCUT2D eigenvalue weighted by atomic mass is 127. The number of nitrogens with two attached hydrogens (primary N) is 1. The van der Waals surface area contributed by atoms with Crippen LogP contribution in [0.1, 0.15) is 6.42 Å². The molecule has 1 heterocycles. The maximum Gasteiger partial charge on any atom is 0.188 e. The van der Waals surface area contributed by atoms with E-state index in [2.05, 4.69) is 15.2 Å². The second-order valence-corrected chi connectivity index (χ2v) is 5.42. The SMILES string of the molecule is I.NC(=NCCCN1CCOCC1)NCCOc1ccc(F)cc1F. The van der Waals surface area contributed by atoms with Crippen molar-refractivity contribution in [1.29, 1.82) is 0 Å². The first-order chi connectivity index (χ1) is 11.6. The van der Waals surface area contributed by atoms with E-state index in [0.29, 0.717) is 19.0 Å². The van der Waals surface area contributed by atoms with Gasteiger partial charge in [-0.15, -0.1) is 24.0 Å². The van der Waals surface area contributed by atoms with Crippen molar-refractivity contribution in [3.8, 4) is 5.75 Å². The van der Waals surface area contributed by atoms with Crippen LogP contribution in [0.25, 0.3) is 0 Å². The summed E-state index contributed by atoms with van der Waals surface area (Å²) < 4.78 is 36.6. The third kappa shape index (κ3) is 8.63. The van der Waals surface area contributed by atoms with Gasteiger partial charge in [-0.05, 0) is 18.6 Å². The van der Waals surface area contributed by atoms with Crippen LogP contribution in [0.4, 0.5) is 8.78 Å². The average Bonchev–Trinajstić information content (AvgIpc) is 2.58. The van der Waals surface area contributed by atoms with Crippen molar-refractivity contribution in [3.63, 3.8) is 0 Å². The number of nitrogens with one attached hydrogen (secondary N) is 1. The molecular weight excluding hydrogens is 445 g/mol. The van der Waals surface area contributed by atoms with Crippen LogP contribution in [0.15, 0.2) is 23.2 Å². The first kappa shape index (κ1) is 21.8. The monoisotopic (exact) mass is 470 g/mol. The van der Waals surface area contributed by atoms with E-state index in [4.69, 9.17) is 15.2 Å². The van der Waals surface area contributed by atoms with Crippen molar-refractivity contribution >= 4 is 29.9 Å². The summed E-state index contributed by atoms with van der Waals surface area (Å²) in [4.78, 5) is 6.57. The number of rotatable bonds is 8. The number of hydrogen-bond donors (Lipinski definition) is 2. The Morgan fingerprint density at radius 2 is 2.08 bits per heavy atom. The lowest BCUT2D eigenvalue weighted by atomic mass is 10.3. The topological polar surface area (TPSA) is 72.1 Å². The second-order valence-electron chi connectivity index (χ2n) is 5.42. The molecule has 1 aromatic rings. The molecule has 1 saturated heterocycles. The number of aliphatic imine (C=N–C) groups is 1. The molecule has 142 valence electrons. The molecule has 6 nitrogen and oxygen atoms in total. The quantitative estimate of drug-likeness (QED) is 0.262. The van der Waals surface area contributed by atoms with E-state index in [0.717, 1.165) is 51.4 Å². The molecule has 0 radical (unpaired) electrons. The highest BCUT2D eigenvalue weighted by Crippen LogP contribution is 2.17. The number of guanidine groups is 1. The van der Waals surface area contributed by atoms with Crippen molar-refractivity contribution in [1.82, 2.24) is 10.2 Å². The summed E-state index contributed by atoms with van der Waals surface area (Å²) in [5.41, 5.74) is 5.75. The minimum absolute atomic E-state index is 0. The van der Waals surface area contributed by atoms with E-state index in [1.165, 1.54) is 6.07 Å². The molecular formula is C16H25F2IN4O2. The highest BCUT2D eigenvalue weighted by molar-refractivity contribution is 14.0. The number of morpholine rings is 1. The summed E-state index contributed by atoms with van der Waals surface area (Å²) in [6.07, 6.45) is 0.930. The molecule has 25 heavy (non-hydrogen) atoms. The Labute approximate surface area is 163 Å². The maximum atomic E-state index is 13.3. The predicted molar refractivity (Wildman–Crippen MR) is 104 cm³/mol. The van der Waals surface area contributed by atoms with Gasteiger partial charge in [-0.3, -0.25) is 9.89 Å². The summed E-state index contributed by atoms with van der Waals surface area (Å²) in [6, 6.07) is 3.19. The van der Waals surface area contributed by atoms with Crippen molar-refractivity contribution in [2.75, 3.05) is 52.5 Å². The number of hydrogen-bond acceptors (Lipinski definition) is 4. The van der Waals surface area contributed by atoms with Gasteiger partial charge in [0.1, 0.15) is 12.4 Å². The van der Waals surface area contributed by atoms with Gasteiger partial charge in [0, 0.05) is 32.2 Å². The molecule has 0 amide bonds. The zero-order chi connectivity index (χ0) is 17.2. The van der Waals surface area contributed by atoms with Gasteiger partial charge in [0.05, 0.1) is 19.8 Å². The van der Waals surface area contributed by atoms with Gasteiger partial charge in [0.2, 0.25) is 0 Å². The molecule has 1 aliphatic heterocycles. The maximum absolute atomic E-state index is 13.3. The summed E-state index contributed by atoms with van der Waals surface area (Å²) in [5, 5.41) is 2.89. The summed E-state index contributed by atoms with van der Waals surface area (Å²) >= 11 is 0. The van der Waals surface area contributed by atoms with E-state index >= 15 is 0 Å². The summed E-state index contributed by atoms with van der Waals surface area (Å²) in [5.74, 6) is -1.01. The minimum Gasteiger partial charge on any atom is -0.489 e. The Kier molecular flexibility index (Phi) is 10.7. The van der Waals surface area contributed by atoms with Crippen LogP contribution >= 0.6 is 24.0 Å². The van der Waals surface area contributed by atoms with Crippen LogP contribution in [-0.2, 0) is 4.74 Å². The first-order valence-corrected chi connectivity index (χ1v) is 8.07. The lowest BCUT2D eigenvalue weighted by Crippen LogP contribution is -2.37. The summed E-state index contributed by atoms with van der Waals surface area (Å²) in [7, 11) is 0. The fraction of sp³-hybridized carbons (Fsp3) is 0.562. The molecule has 1 aromatic carbocycles. The van der Waals surface area contributed by atoms with Gasteiger partial charge in [0.25, 0.3) is 0 Å². The van der Waals surface area contributed by atoms with Gasteiger partial charge in [-0.25, -0.2) is 8.78 Å². The molecule has 2 rings (SSSR count). The number of nitrogens with zero attached hydrogens (tertiary/aromatic N) is 2. The van der Waals surface area contributed by atoms with Crippen LogP contribution in [0, 0.1) is 11.6 Å². The van der Waals surface area contributed by atoms with Crippen molar-refractivity contribution in [2.24, 2.45) is 10.7 Å². The predicted octanol–water partition coefficient (Wildman–Crippen LogP) is 1.59. The molecule has 3 N–H and O–H groups in total. The van der Waals surface area contributed by atoms with E-state index in [1.54, 1.807) is 0 Å². The van der Waals surface area contributed by atoms with E-state index in [-0.39, 0.29) is 36.3 Å². The number of halogens is 3. The van der Waals surface area contributed by atoms with Gasteiger partial charge < -0.3 is 20.5 Å². The highest BCUT2D eigenvalue weighted by Gasteiger charge is 2.09. The largest absolute Gasteiger partial charge is 0.489 e. The van der Waals surface area contributed by atoms with Crippen LogP contribution in [-0.4, -0.2) is 63.4 Å². The molecule has 0 unspecified atom stereocenters. The van der Waals surface area contributed by atoms with Gasteiger partial charge in [-0.2, -0.15) is 0 Å². The Morgan fingerprint density at radius 3 is 2.80 bits per heavy atom. The Bertz CT molecular complexity index is 543. The molecule has 1 aliphatic rings. The summed E-state index contributed by atoms with van der Waals surface area (Å²) in [6.45, 7) is 5.73. The second kappa shape index (κ2) is 12.2. The van der Waals surface area contributed by atoms with Crippen LogP contribution in [0.2, 0.25) is 0 Å². The molecule has 9 heteroatoms. The molecule has 0 spiro atoms. The zero-order valence-electron chi connectivity index (χ0n) is 14.0. The zero-order valence-corrected chi connectivity index (χ0v) is 16.4. The molecule has 0 aliphatic carbocycles. The van der Waals surface area contributed by atoms with E-state index in [9.17, 15) is 8.78 Å². The molecule has 0 aromatic heterocycles. The minimum atomic E-state index is -0.722. The lowest BCUT2D eigenvalue weighted by molar-refractivity contribution is 0.0377. The average molecular weight is 470 g/mol. The molecule has 0 atom stereocenters. The Morgan fingerprint density at radius 1 is 1.32 bits per heavy atom. The van der Waals surface area contributed by atoms with Gasteiger partial charge in [0.15, 0.2) is 17.5 Å². The molecule has 0 saturated carbocycles. The van der Waals surface area contributed by atoms with Crippen molar-refractivity contribution in [3.05, 3.63) is 29.8 Å². The first-order valence-electron chi connectivity index (χ1n) is 8.07. The normalized spacial score (nSPS) is 15.5. The van der Waals surface area contributed by atoms with E-state index in [1.807, 2.05) is 0 Å². The van der Waals surface area contributed by atoms with Crippen molar-refractivity contribution in [2.45, 2.75) is 6.42 Å². The fourth-order valence-electron chi connectivity index (χ4n) is 2.31. The Balaban J connectivity index is 0.00000312. The Hall–Kier alpha value is -1.20. The van der Waals surface area contributed by atoms with Crippen LogP contribution in [0.5, 0.6) is 5.75 Å². The van der Waals surface area contributed by atoms with Gasteiger partial charge >= 0.3 is 0 Å². The van der Waals surface area contributed by atoms with Crippen LogP contribution in [0.3, 0.4) is 0 Å². The standard InChI is InChI=1S/C16H24F2N4O2.HI/c17-13-2-3-15(14(18)12-13)24-9-5-21-16(19)20-4-1-6-22-7-10-23-11-8-22;/h2-3,12H,1,4-11H2,(H3,19,20,21);1H. The lowest BCUT2D eigenvalue weighted by Gasteiger charge is -2.26. The molecule has 1 fully saturated rings. The molecule has 0 bridgehead atoms. The third-order valence-electron chi connectivity index (χ3n) is 3.58. The van der Waals surface area contributed by atoms with Crippen LogP contribution < -0.4 is 15.8 Å². The number of benzene rings is 1. The van der Waals surface area contributed by atoms with E-state index < -0.39 is 11.6 Å². The number of ether oxygens (including phenoxy) is 2. The fourth-order valence-corrected chi connectivity index (χ4v) is 2.31. The van der Waals surface area contributed by atoms with Gasteiger partial charge in [-0.1, -0.05) is 0 Å².